The number of nitrogens with zero attached hydrogens (tertiary/aromatic N) is 1. The standard InChI is InChI=1S/C18H16N.2ClH/c1-15-5-7-16(8-6-15)17-9-11-18(12-10-17)19-13-3-2-4-14-19;;/h2-14H,1H3;2*1H/q+1;;. The van der Waals surface area contributed by atoms with Gasteiger partial charge >= 0.3 is 0 Å². The normalized spacial score (nSPS) is 9.38. The average molecular weight is 319 g/mol. The van der Waals surface area contributed by atoms with E-state index in [1.54, 1.807) is 0 Å². The zero-order valence-electron chi connectivity index (χ0n) is 11.8. The minimum atomic E-state index is 0. The zero-order chi connectivity index (χ0) is 13.1. The molecule has 1 aromatic heterocycles. The molecule has 1 heterocycles. The molecule has 0 spiro atoms. The largest absolute Gasteiger partial charge is 0.210 e. The van der Waals surface area contributed by atoms with Gasteiger partial charge in [0.1, 0.15) is 0 Å². The summed E-state index contributed by atoms with van der Waals surface area (Å²) in [5.74, 6) is 0. The van der Waals surface area contributed by atoms with Crippen LogP contribution in [0.15, 0.2) is 79.1 Å². The topological polar surface area (TPSA) is 3.88 Å². The third kappa shape index (κ3) is 4.07. The molecule has 0 N–H and O–H groups in total. The molecule has 0 atom stereocenters. The van der Waals surface area contributed by atoms with Crippen LogP contribution in [0.5, 0.6) is 0 Å². The smallest absolute Gasteiger partial charge is 0.167 e. The summed E-state index contributed by atoms with van der Waals surface area (Å²) in [7, 11) is 0. The second-order valence-electron chi connectivity index (χ2n) is 4.70. The van der Waals surface area contributed by atoms with Crippen LogP contribution in [-0.2, 0) is 0 Å². The van der Waals surface area contributed by atoms with Crippen molar-refractivity contribution in [2.24, 2.45) is 0 Å². The lowest BCUT2D eigenvalue weighted by Gasteiger charge is -2.02. The monoisotopic (exact) mass is 318 g/mol. The molecule has 0 saturated carbocycles. The molecular weight excluding hydrogens is 301 g/mol. The van der Waals surface area contributed by atoms with Gasteiger partial charge in [-0.1, -0.05) is 35.9 Å². The summed E-state index contributed by atoms with van der Waals surface area (Å²) in [6, 6.07) is 23.4. The van der Waals surface area contributed by atoms with Crippen LogP contribution in [0.2, 0.25) is 0 Å². The number of rotatable bonds is 2. The number of hydrogen-bond acceptors (Lipinski definition) is 0. The Kier molecular flexibility index (Phi) is 6.41. The van der Waals surface area contributed by atoms with Crippen LogP contribution in [0.4, 0.5) is 0 Å². The molecule has 21 heavy (non-hydrogen) atoms. The fraction of sp³-hybridized carbons (Fsp3) is 0.0556. The van der Waals surface area contributed by atoms with Crippen molar-refractivity contribution in [1.82, 2.24) is 0 Å². The number of hydrogen-bond donors (Lipinski definition) is 0. The molecule has 2 aromatic carbocycles. The summed E-state index contributed by atoms with van der Waals surface area (Å²) < 4.78 is 2.11. The first-order valence-electron chi connectivity index (χ1n) is 6.47. The zero-order valence-corrected chi connectivity index (χ0v) is 13.4. The van der Waals surface area contributed by atoms with Gasteiger partial charge in [-0.15, -0.1) is 24.8 Å². The summed E-state index contributed by atoms with van der Waals surface area (Å²) in [5, 5.41) is 0. The molecular formula is C18H18Cl2N+. The summed E-state index contributed by atoms with van der Waals surface area (Å²) in [6.45, 7) is 2.11. The van der Waals surface area contributed by atoms with E-state index in [-0.39, 0.29) is 24.8 Å². The predicted molar refractivity (Wildman–Crippen MR) is 92.6 cm³/mol. The highest BCUT2D eigenvalue weighted by Crippen LogP contribution is 2.20. The van der Waals surface area contributed by atoms with Crippen molar-refractivity contribution in [2.75, 3.05) is 0 Å². The van der Waals surface area contributed by atoms with Gasteiger partial charge in [0, 0.05) is 24.3 Å². The first-order valence-corrected chi connectivity index (χ1v) is 6.47. The molecule has 3 rings (SSSR count). The van der Waals surface area contributed by atoms with Crippen LogP contribution in [0.25, 0.3) is 16.8 Å². The lowest BCUT2D eigenvalue weighted by molar-refractivity contribution is -0.595. The first kappa shape index (κ1) is 17.2. The van der Waals surface area contributed by atoms with Gasteiger partial charge < -0.3 is 0 Å². The Morgan fingerprint density at radius 1 is 0.619 bits per heavy atom. The van der Waals surface area contributed by atoms with Gasteiger partial charge in [-0.3, -0.25) is 0 Å². The van der Waals surface area contributed by atoms with Crippen LogP contribution < -0.4 is 4.57 Å². The maximum Gasteiger partial charge on any atom is 0.210 e. The molecule has 1 nitrogen and oxygen atoms in total. The molecule has 3 heteroatoms. The van der Waals surface area contributed by atoms with E-state index in [0.717, 1.165) is 0 Å². The minimum absolute atomic E-state index is 0. The van der Waals surface area contributed by atoms with Gasteiger partial charge in [0.15, 0.2) is 12.4 Å². The fourth-order valence-corrected chi connectivity index (χ4v) is 2.14. The molecule has 0 aliphatic heterocycles. The number of aromatic nitrogens is 1. The molecule has 0 aliphatic rings. The third-order valence-corrected chi connectivity index (χ3v) is 3.27. The van der Waals surface area contributed by atoms with Crippen LogP contribution in [-0.4, -0.2) is 0 Å². The van der Waals surface area contributed by atoms with Gasteiger partial charge in [0.05, 0.1) is 0 Å². The highest BCUT2D eigenvalue weighted by atomic mass is 35.5. The van der Waals surface area contributed by atoms with E-state index in [2.05, 4.69) is 72.4 Å². The van der Waals surface area contributed by atoms with Gasteiger partial charge in [-0.25, -0.2) is 0 Å². The van der Waals surface area contributed by atoms with Crippen LogP contribution in [0.3, 0.4) is 0 Å². The Hall–Kier alpha value is -1.83. The number of benzene rings is 2. The molecule has 0 saturated heterocycles. The van der Waals surface area contributed by atoms with E-state index in [9.17, 15) is 0 Å². The second kappa shape index (κ2) is 7.82. The predicted octanol–water partition coefficient (Wildman–Crippen LogP) is 4.78. The van der Waals surface area contributed by atoms with E-state index in [1.165, 1.54) is 22.4 Å². The van der Waals surface area contributed by atoms with Crippen LogP contribution >= 0.6 is 24.8 Å². The van der Waals surface area contributed by atoms with Gasteiger partial charge in [0.2, 0.25) is 5.69 Å². The van der Waals surface area contributed by atoms with Crippen LogP contribution in [0, 0.1) is 6.92 Å². The van der Waals surface area contributed by atoms with E-state index < -0.39 is 0 Å². The minimum Gasteiger partial charge on any atom is -0.167 e. The second-order valence-corrected chi connectivity index (χ2v) is 4.70. The quantitative estimate of drug-likeness (QED) is 0.598. The molecule has 0 aliphatic carbocycles. The Labute approximate surface area is 138 Å². The number of halogens is 2. The van der Waals surface area contributed by atoms with Gasteiger partial charge in [-0.05, 0) is 30.2 Å². The van der Waals surface area contributed by atoms with E-state index >= 15 is 0 Å². The van der Waals surface area contributed by atoms with E-state index in [1.807, 2.05) is 18.2 Å². The highest BCUT2D eigenvalue weighted by Gasteiger charge is 2.04. The Morgan fingerprint density at radius 2 is 1.10 bits per heavy atom. The fourth-order valence-electron chi connectivity index (χ4n) is 2.14. The molecule has 3 aromatic rings. The Bertz CT molecular complexity index is 662. The van der Waals surface area contributed by atoms with Crippen molar-refractivity contribution in [3.8, 4) is 16.8 Å². The van der Waals surface area contributed by atoms with Crippen molar-refractivity contribution >= 4 is 24.8 Å². The summed E-state index contributed by atoms with van der Waals surface area (Å²) in [5.41, 5.74) is 4.98. The third-order valence-electron chi connectivity index (χ3n) is 3.27. The molecule has 0 unspecified atom stereocenters. The average Bonchev–Trinajstić information content (AvgIpc) is 2.49. The number of aryl methyl sites for hydroxylation is 1. The Morgan fingerprint density at radius 3 is 1.62 bits per heavy atom. The molecule has 0 radical (unpaired) electrons. The Balaban J connectivity index is 0.00000110. The SMILES string of the molecule is Cc1ccc(-c2ccc(-[n+]3ccccc3)cc2)cc1.Cl.Cl. The molecule has 0 bridgehead atoms. The molecule has 108 valence electrons. The molecule has 0 amide bonds. The van der Waals surface area contributed by atoms with Crippen LogP contribution in [0.1, 0.15) is 5.56 Å². The maximum absolute atomic E-state index is 2.17. The highest BCUT2D eigenvalue weighted by molar-refractivity contribution is 5.85. The van der Waals surface area contributed by atoms with Gasteiger partial charge in [-0.2, -0.15) is 4.57 Å². The first-order chi connectivity index (χ1) is 9.33. The van der Waals surface area contributed by atoms with Crippen molar-refractivity contribution in [2.45, 2.75) is 6.92 Å². The van der Waals surface area contributed by atoms with E-state index in [0.29, 0.717) is 0 Å². The van der Waals surface area contributed by atoms with Crippen molar-refractivity contribution in [3.63, 3.8) is 0 Å². The summed E-state index contributed by atoms with van der Waals surface area (Å²) in [6.07, 6.45) is 4.11. The lowest BCUT2D eigenvalue weighted by atomic mass is 10.0. The molecule has 0 fully saturated rings. The lowest BCUT2D eigenvalue weighted by Crippen LogP contribution is -2.28. The summed E-state index contributed by atoms with van der Waals surface area (Å²) in [4.78, 5) is 0. The van der Waals surface area contributed by atoms with Gasteiger partial charge in [0.25, 0.3) is 0 Å². The van der Waals surface area contributed by atoms with Crippen molar-refractivity contribution in [1.29, 1.82) is 0 Å². The maximum atomic E-state index is 2.17. The summed E-state index contributed by atoms with van der Waals surface area (Å²) >= 11 is 0. The van der Waals surface area contributed by atoms with Crippen molar-refractivity contribution < 1.29 is 4.57 Å². The van der Waals surface area contributed by atoms with Crippen molar-refractivity contribution in [3.05, 3.63) is 84.7 Å². The number of pyridine rings is 1. The van der Waals surface area contributed by atoms with E-state index in [4.69, 9.17) is 0 Å².